The van der Waals surface area contributed by atoms with E-state index in [-0.39, 0.29) is 19.0 Å². The summed E-state index contributed by atoms with van der Waals surface area (Å²) in [4.78, 5) is 15.5. The van der Waals surface area contributed by atoms with Crippen LogP contribution in [0.4, 0.5) is 0 Å². The van der Waals surface area contributed by atoms with Gasteiger partial charge in [-0.15, -0.1) is 11.3 Å². The highest BCUT2D eigenvalue weighted by atomic mass is 32.2. The number of carbonyl (C=O) groups is 1. The van der Waals surface area contributed by atoms with Gasteiger partial charge in [-0.05, 0) is 30.5 Å². The molecule has 0 atom stereocenters. The molecule has 3 heterocycles. The Hall–Kier alpha value is -3.27. The number of benzene rings is 2. The molecule has 2 aromatic carbocycles. The van der Waals surface area contributed by atoms with Crippen LogP contribution in [0, 0.1) is 6.92 Å². The minimum absolute atomic E-state index is 0.133. The molecule has 1 saturated heterocycles. The molecule has 0 radical (unpaired) electrons. The summed E-state index contributed by atoms with van der Waals surface area (Å²) in [5.74, 6) is -0.133. The molecule has 34 heavy (non-hydrogen) atoms. The monoisotopic (exact) mass is 492 g/mol. The maximum absolute atomic E-state index is 13.8. The maximum Gasteiger partial charge on any atom is 0.258 e. The molecule has 174 valence electrons. The lowest BCUT2D eigenvalue weighted by Crippen LogP contribution is -2.50. The van der Waals surface area contributed by atoms with Gasteiger partial charge in [-0.2, -0.15) is 9.40 Å². The molecule has 7 nitrogen and oxygen atoms in total. The predicted octanol–water partition coefficient (Wildman–Crippen LogP) is 4.06. The second kappa shape index (κ2) is 9.17. The van der Waals surface area contributed by atoms with Crippen LogP contribution in [0.2, 0.25) is 0 Å². The molecular formula is C25H24N4O3S2. The summed E-state index contributed by atoms with van der Waals surface area (Å²) < 4.78 is 29.3. The molecule has 0 saturated carbocycles. The number of nitrogens with zero attached hydrogens (tertiary/aromatic N) is 4. The fourth-order valence-electron chi connectivity index (χ4n) is 4.20. The van der Waals surface area contributed by atoms with Crippen molar-refractivity contribution >= 4 is 27.3 Å². The number of sulfonamides is 1. The summed E-state index contributed by atoms with van der Waals surface area (Å²) in [5.41, 5.74) is 3.67. The third-order valence-electron chi connectivity index (χ3n) is 5.99. The molecule has 0 aliphatic carbocycles. The first-order chi connectivity index (χ1) is 16.5. The summed E-state index contributed by atoms with van der Waals surface area (Å²) in [6.45, 7) is 3.08. The Morgan fingerprint density at radius 1 is 0.882 bits per heavy atom. The number of thiophene rings is 1. The first kappa shape index (κ1) is 22.5. The number of hydrogen-bond acceptors (Lipinski definition) is 5. The van der Waals surface area contributed by atoms with Crippen molar-refractivity contribution < 1.29 is 13.2 Å². The molecule has 0 spiro atoms. The predicted molar refractivity (Wildman–Crippen MR) is 133 cm³/mol. The fourth-order valence-corrected chi connectivity index (χ4v) is 6.77. The standard InChI is InChI=1S/C25H24N4O3S2/c1-19-23(24(20-9-4-2-5-10-20)26-29(19)21-11-6-3-7-12-21)25(30)27-14-16-28(17-15-27)34(31,32)22-13-8-18-33-22/h2-13,18H,14-17H2,1H3. The Kier molecular flexibility index (Phi) is 6.07. The van der Waals surface area contributed by atoms with Crippen LogP contribution in [0.15, 0.2) is 82.4 Å². The number of amides is 1. The number of piperazine rings is 1. The van der Waals surface area contributed by atoms with Crippen LogP contribution in [0.3, 0.4) is 0 Å². The topological polar surface area (TPSA) is 75.5 Å². The van der Waals surface area contributed by atoms with E-state index in [1.807, 2.05) is 67.6 Å². The first-order valence-corrected chi connectivity index (χ1v) is 13.3. The zero-order valence-electron chi connectivity index (χ0n) is 18.7. The number of rotatable bonds is 5. The SMILES string of the molecule is Cc1c(C(=O)N2CCN(S(=O)(=O)c3cccs3)CC2)c(-c2ccccc2)nn1-c1ccccc1. The molecule has 0 N–H and O–H groups in total. The van der Waals surface area contributed by atoms with E-state index in [4.69, 9.17) is 5.10 Å². The van der Waals surface area contributed by atoms with Gasteiger partial charge in [0.2, 0.25) is 0 Å². The summed E-state index contributed by atoms with van der Waals surface area (Å²) in [5, 5.41) is 6.57. The molecule has 2 aromatic heterocycles. The average Bonchev–Trinajstić information content (AvgIpc) is 3.54. The zero-order chi connectivity index (χ0) is 23.7. The van der Waals surface area contributed by atoms with Gasteiger partial charge in [-0.1, -0.05) is 54.6 Å². The fraction of sp³-hybridized carbons (Fsp3) is 0.200. The second-order valence-corrected chi connectivity index (χ2v) is 11.2. The van der Waals surface area contributed by atoms with Crippen molar-refractivity contribution in [3.63, 3.8) is 0 Å². The van der Waals surface area contributed by atoms with Gasteiger partial charge in [0, 0.05) is 31.7 Å². The molecule has 9 heteroatoms. The second-order valence-electron chi connectivity index (χ2n) is 8.05. The highest BCUT2D eigenvalue weighted by Crippen LogP contribution is 2.29. The number of carbonyl (C=O) groups excluding carboxylic acids is 1. The van der Waals surface area contributed by atoms with Crippen molar-refractivity contribution in [2.75, 3.05) is 26.2 Å². The molecule has 0 unspecified atom stereocenters. The van der Waals surface area contributed by atoms with Gasteiger partial charge in [0.15, 0.2) is 0 Å². The molecule has 5 rings (SSSR count). The van der Waals surface area contributed by atoms with Crippen molar-refractivity contribution in [3.05, 3.63) is 89.4 Å². The molecular weight excluding hydrogens is 468 g/mol. The Balaban J connectivity index is 1.45. The van der Waals surface area contributed by atoms with E-state index in [1.165, 1.54) is 15.6 Å². The van der Waals surface area contributed by atoms with Gasteiger partial charge in [-0.3, -0.25) is 4.79 Å². The highest BCUT2D eigenvalue weighted by molar-refractivity contribution is 7.91. The van der Waals surface area contributed by atoms with E-state index >= 15 is 0 Å². The Morgan fingerprint density at radius 2 is 1.53 bits per heavy atom. The van der Waals surface area contributed by atoms with Crippen molar-refractivity contribution in [2.24, 2.45) is 0 Å². The van der Waals surface area contributed by atoms with Crippen molar-refractivity contribution in [2.45, 2.75) is 11.1 Å². The Morgan fingerprint density at radius 3 is 2.15 bits per heavy atom. The molecule has 1 fully saturated rings. The van der Waals surface area contributed by atoms with Gasteiger partial charge < -0.3 is 4.90 Å². The average molecular weight is 493 g/mol. The van der Waals surface area contributed by atoms with Crippen molar-refractivity contribution in [1.29, 1.82) is 0 Å². The van der Waals surface area contributed by atoms with Gasteiger partial charge in [0.25, 0.3) is 15.9 Å². The third-order valence-corrected chi connectivity index (χ3v) is 9.26. The number of aromatic nitrogens is 2. The van der Waals surface area contributed by atoms with E-state index in [0.717, 1.165) is 16.9 Å². The quantitative estimate of drug-likeness (QED) is 0.421. The number of para-hydroxylation sites is 1. The largest absolute Gasteiger partial charge is 0.336 e. The Bertz CT molecular complexity index is 1390. The lowest BCUT2D eigenvalue weighted by atomic mass is 10.0. The molecule has 1 aliphatic rings. The van der Waals surface area contributed by atoms with Gasteiger partial charge >= 0.3 is 0 Å². The normalized spacial score (nSPS) is 14.9. The van der Waals surface area contributed by atoms with Crippen LogP contribution in [-0.2, 0) is 10.0 Å². The van der Waals surface area contributed by atoms with Crippen LogP contribution >= 0.6 is 11.3 Å². The molecule has 1 aliphatic heterocycles. The molecule has 1 amide bonds. The third kappa shape index (κ3) is 4.06. The van der Waals surface area contributed by atoms with Crippen LogP contribution in [0.1, 0.15) is 16.1 Å². The van der Waals surface area contributed by atoms with Crippen LogP contribution in [0.5, 0.6) is 0 Å². The lowest BCUT2D eigenvalue weighted by molar-refractivity contribution is 0.0698. The van der Waals surface area contributed by atoms with Crippen LogP contribution in [-0.4, -0.2) is 59.5 Å². The summed E-state index contributed by atoms with van der Waals surface area (Å²) >= 11 is 1.21. The first-order valence-electron chi connectivity index (χ1n) is 11.0. The van der Waals surface area contributed by atoms with E-state index in [0.29, 0.717) is 28.6 Å². The van der Waals surface area contributed by atoms with Gasteiger partial charge in [0.05, 0.1) is 16.9 Å². The zero-order valence-corrected chi connectivity index (χ0v) is 20.3. The summed E-state index contributed by atoms with van der Waals surface area (Å²) in [6, 6.07) is 22.7. The highest BCUT2D eigenvalue weighted by Gasteiger charge is 2.33. The van der Waals surface area contributed by atoms with E-state index in [2.05, 4.69) is 0 Å². The van der Waals surface area contributed by atoms with Crippen molar-refractivity contribution in [3.8, 4) is 16.9 Å². The summed E-state index contributed by atoms with van der Waals surface area (Å²) in [7, 11) is -3.53. The maximum atomic E-state index is 13.8. The smallest absolute Gasteiger partial charge is 0.258 e. The minimum atomic E-state index is -3.53. The minimum Gasteiger partial charge on any atom is -0.336 e. The van der Waals surface area contributed by atoms with Gasteiger partial charge in [-0.25, -0.2) is 13.1 Å². The molecule has 0 bridgehead atoms. The summed E-state index contributed by atoms with van der Waals surface area (Å²) in [6.07, 6.45) is 0. The van der Waals surface area contributed by atoms with E-state index in [9.17, 15) is 13.2 Å². The lowest BCUT2D eigenvalue weighted by Gasteiger charge is -2.33. The van der Waals surface area contributed by atoms with Crippen LogP contribution in [0.25, 0.3) is 16.9 Å². The van der Waals surface area contributed by atoms with Crippen LogP contribution < -0.4 is 0 Å². The van der Waals surface area contributed by atoms with E-state index in [1.54, 1.807) is 27.1 Å². The Labute approximate surface area is 202 Å². The van der Waals surface area contributed by atoms with Crippen molar-refractivity contribution in [1.82, 2.24) is 19.0 Å². The molecule has 4 aromatic rings. The van der Waals surface area contributed by atoms with Gasteiger partial charge in [0.1, 0.15) is 9.90 Å². The van der Waals surface area contributed by atoms with E-state index < -0.39 is 10.0 Å². The number of hydrogen-bond donors (Lipinski definition) is 0.